The number of rotatable bonds is 2. The molecule has 0 amide bonds. The lowest BCUT2D eigenvalue weighted by Gasteiger charge is -2.03. The topological polar surface area (TPSA) is 50.2 Å². The van der Waals surface area contributed by atoms with Crippen molar-refractivity contribution in [3.8, 4) is 10.4 Å². The van der Waals surface area contributed by atoms with Crippen LogP contribution in [0.25, 0.3) is 10.4 Å². The van der Waals surface area contributed by atoms with Crippen LogP contribution in [-0.2, 0) is 0 Å². The summed E-state index contributed by atoms with van der Waals surface area (Å²) in [4.78, 5) is 15.2. The third kappa shape index (κ3) is 1.81. The fourth-order valence-corrected chi connectivity index (χ4v) is 2.29. The van der Waals surface area contributed by atoms with Gasteiger partial charge >= 0.3 is 5.97 Å². The van der Waals surface area contributed by atoms with Gasteiger partial charge in [0.05, 0.1) is 10.4 Å². The Hall–Kier alpha value is -1.75. The normalized spacial score (nSPS) is 10.4. The van der Waals surface area contributed by atoms with E-state index < -0.39 is 5.97 Å². The summed E-state index contributed by atoms with van der Waals surface area (Å²) in [6.07, 6.45) is 0. The maximum absolute atomic E-state index is 13.1. The number of aryl methyl sites for hydroxylation is 1. The average molecular weight is 237 g/mol. The van der Waals surface area contributed by atoms with Crippen molar-refractivity contribution in [2.45, 2.75) is 6.92 Å². The van der Waals surface area contributed by atoms with Crippen LogP contribution in [-0.4, -0.2) is 16.1 Å². The molecular formula is C11H8FNO2S. The van der Waals surface area contributed by atoms with E-state index in [1.54, 1.807) is 13.0 Å². The van der Waals surface area contributed by atoms with Gasteiger partial charge < -0.3 is 5.11 Å². The molecule has 2 aromatic rings. The fourth-order valence-electron chi connectivity index (χ4n) is 1.43. The van der Waals surface area contributed by atoms with Crippen molar-refractivity contribution in [3.63, 3.8) is 0 Å². The second kappa shape index (κ2) is 4.02. The van der Waals surface area contributed by atoms with Crippen molar-refractivity contribution in [3.05, 3.63) is 40.8 Å². The molecule has 82 valence electrons. The molecule has 0 spiro atoms. The molecule has 1 aromatic heterocycles. The molecule has 0 unspecified atom stereocenters. The Bertz CT molecular complexity index is 551. The summed E-state index contributed by atoms with van der Waals surface area (Å²) in [6.45, 7) is 1.81. The first-order chi connectivity index (χ1) is 7.59. The van der Waals surface area contributed by atoms with Crippen LogP contribution in [0.3, 0.4) is 0 Å². The number of aromatic nitrogens is 1. The molecular weight excluding hydrogens is 229 g/mol. The van der Waals surface area contributed by atoms with Crippen LogP contribution in [0.5, 0.6) is 0 Å². The average Bonchev–Trinajstić information content (AvgIpc) is 2.70. The van der Waals surface area contributed by atoms with E-state index >= 15 is 0 Å². The number of carboxylic acid groups (broad SMARTS) is 1. The zero-order valence-corrected chi connectivity index (χ0v) is 9.21. The van der Waals surface area contributed by atoms with Gasteiger partial charge in [-0.15, -0.1) is 11.3 Å². The Balaban J connectivity index is 2.62. The van der Waals surface area contributed by atoms with Gasteiger partial charge in [0.25, 0.3) is 0 Å². The van der Waals surface area contributed by atoms with E-state index in [-0.39, 0.29) is 11.5 Å². The number of carboxylic acids is 1. The van der Waals surface area contributed by atoms with Crippen molar-refractivity contribution >= 4 is 17.3 Å². The molecule has 0 bridgehead atoms. The van der Waals surface area contributed by atoms with E-state index in [9.17, 15) is 9.18 Å². The van der Waals surface area contributed by atoms with Gasteiger partial charge in [-0.05, 0) is 30.2 Å². The second-order valence-electron chi connectivity index (χ2n) is 3.29. The summed E-state index contributed by atoms with van der Waals surface area (Å²) in [7, 11) is 0. The van der Waals surface area contributed by atoms with Crippen molar-refractivity contribution in [1.82, 2.24) is 4.98 Å². The standard InChI is InChI=1S/C11H8FNO2S/c1-6-2-3-7(12)4-8(6)10-9(11(14)15)13-5-16-10/h2-5H,1H3,(H,14,15). The summed E-state index contributed by atoms with van der Waals surface area (Å²) in [5.74, 6) is -1.48. The van der Waals surface area contributed by atoms with Crippen LogP contribution in [0.1, 0.15) is 16.1 Å². The number of aromatic carboxylic acids is 1. The molecule has 0 radical (unpaired) electrons. The van der Waals surface area contributed by atoms with E-state index in [0.717, 1.165) is 5.56 Å². The molecule has 0 fully saturated rings. The zero-order chi connectivity index (χ0) is 11.7. The van der Waals surface area contributed by atoms with Crippen LogP contribution in [0.2, 0.25) is 0 Å². The van der Waals surface area contributed by atoms with E-state index in [2.05, 4.69) is 4.98 Å². The minimum atomic E-state index is -1.10. The Kier molecular flexibility index (Phi) is 2.70. The molecule has 5 heteroatoms. The van der Waals surface area contributed by atoms with Crippen LogP contribution < -0.4 is 0 Å². The number of halogens is 1. The highest BCUT2D eigenvalue weighted by molar-refractivity contribution is 7.13. The summed E-state index contributed by atoms with van der Waals surface area (Å²) >= 11 is 1.20. The highest BCUT2D eigenvalue weighted by Gasteiger charge is 2.16. The lowest BCUT2D eigenvalue weighted by Crippen LogP contribution is -1.99. The monoisotopic (exact) mass is 237 g/mol. The first-order valence-electron chi connectivity index (χ1n) is 4.53. The molecule has 0 aliphatic carbocycles. The third-order valence-electron chi connectivity index (χ3n) is 2.21. The van der Waals surface area contributed by atoms with Crippen LogP contribution in [0.15, 0.2) is 23.7 Å². The number of benzene rings is 1. The van der Waals surface area contributed by atoms with E-state index in [1.165, 1.54) is 29.0 Å². The van der Waals surface area contributed by atoms with Gasteiger partial charge in [-0.3, -0.25) is 0 Å². The first-order valence-corrected chi connectivity index (χ1v) is 5.41. The van der Waals surface area contributed by atoms with Gasteiger partial charge in [0, 0.05) is 0 Å². The number of hydrogen-bond acceptors (Lipinski definition) is 3. The molecule has 0 saturated heterocycles. The predicted molar refractivity (Wildman–Crippen MR) is 59.2 cm³/mol. The van der Waals surface area contributed by atoms with E-state index in [0.29, 0.717) is 10.4 Å². The maximum atomic E-state index is 13.1. The van der Waals surface area contributed by atoms with Crippen molar-refractivity contribution in [1.29, 1.82) is 0 Å². The molecule has 1 aromatic carbocycles. The van der Waals surface area contributed by atoms with Gasteiger partial charge in [0.15, 0.2) is 5.69 Å². The van der Waals surface area contributed by atoms with E-state index in [4.69, 9.17) is 5.11 Å². The second-order valence-corrected chi connectivity index (χ2v) is 4.15. The summed E-state index contributed by atoms with van der Waals surface area (Å²) in [5.41, 5.74) is 2.83. The lowest BCUT2D eigenvalue weighted by molar-refractivity contribution is 0.0692. The van der Waals surface area contributed by atoms with Crippen LogP contribution >= 0.6 is 11.3 Å². The number of carbonyl (C=O) groups is 1. The SMILES string of the molecule is Cc1ccc(F)cc1-c1scnc1C(=O)O. The summed E-state index contributed by atoms with van der Waals surface area (Å²) < 4.78 is 13.1. The molecule has 1 N–H and O–H groups in total. The largest absolute Gasteiger partial charge is 0.476 e. The lowest BCUT2D eigenvalue weighted by atomic mass is 10.1. The highest BCUT2D eigenvalue weighted by Crippen LogP contribution is 2.30. The molecule has 2 rings (SSSR count). The molecule has 0 saturated carbocycles. The number of nitrogens with zero attached hydrogens (tertiary/aromatic N) is 1. The quantitative estimate of drug-likeness (QED) is 0.873. The Labute approximate surface area is 95.2 Å². The third-order valence-corrected chi connectivity index (χ3v) is 3.07. The first kappa shape index (κ1) is 10.8. The van der Waals surface area contributed by atoms with Crippen LogP contribution in [0, 0.1) is 12.7 Å². The molecule has 0 aliphatic heterocycles. The van der Waals surface area contributed by atoms with Crippen molar-refractivity contribution in [2.24, 2.45) is 0 Å². The molecule has 16 heavy (non-hydrogen) atoms. The fraction of sp³-hybridized carbons (Fsp3) is 0.0909. The Morgan fingerprint density at radius 1 is 1.50 bits per heavy atom. The minimum absolute atomic E-state index is 0.0290. The Morgan fingerprint density at radius 2 is 2.25 bits per heavy atom. The molecule has 0 atom stereocenters. The maximum Gasteiger partial charge on any atom is 0.356 e. The summed E-state index contributed by atoms with van der Waals surface area (Å²) in [6, 6.07) is 4.30. The summed E-state index contributed by atoms with van der Waals surface area (Å²) in [5, 5.41) is 8.93. The number of thiazole rings is 1. The minimum Gasteiger partial charge on any atom is -0.476 e. The Morgan fingerprint density at radius 3 is 2.94 bits per heavy atom. The predicted octanol–water partition coefficient (Wildman–Crippen LogP) is 2.96. The smallest absolute Gasteiger partial charge is 0.356 e. The molecule has 0 aliphatic rings. The van der Waals surface area contributed by atoms with Crippen LogP contribution in [0.4, 0.5) is 4.39 Å². The van der Waals surface area contributed by atoms with Gasteiger partial charge in [-0.1, -0.05) is 6.07 Å². The zero-order valence-electron chi connectivity index (χ0n) is 8.40. The highest BCUT2D eigenvalue weighted by atomic mass is 32.1. The number of hydrogen-bond donors (Lipinski definition) is 1. The van der Waals surface area contributed by atoms with Gasteiger partial charge in [-0.2, -0.15) is 0 Å². The van der Waals surface area contributed by atoms with Gasteiger partial charge in [0.2, 0.25) is 0 Å². The molecule has 1 heterocycles. The van der Waals surface area contributed by atoms with Gasteiger partial charge in [0.1, 0.15) is 5.82 Å². The van der Waals surface area contributed by atoms with Crippen molar-refractivity contribution < 1.29 is 14.3 Å². The van der Waals surface area contributed by atoms with Crippen molar-refractivity contribution in [2.75, 3.05) is 0 Å². The van der Waals surface area contributed by atoms with Gasteiger partial charge in [-0.25, -0.2) is 14.2 Å². The van der Waals surface area contributed by atoms with E-state index in [1.807, 2.05) is 0 Å². The molecule has 3 nitrogen and oxygen atoms in total.